The molecule has 0 fully saturated rings. The molecular formula is C14H23NO2S. The van der Waals surface area contributed by atoms with Crippen LogP contribution in [0, 0.1) is 5.92 Å². The van der Waals surface area contributed by atoms with Gasteiger partial charge in [-0.2, -0.15) is 0 Å². The van der Waals surface area contributed by atoms with E-state index in [2.05, 4.69) is 36.5 Å². The number of aryl methyl sites for hydroxylation is 1. The van der Waals surface area contributed by atoms with Crippen LogP contribution < -0.4 is 5.32 Å². The van der Waals surface area contributed by atoms with Crippen LogP contribution >= 0.6 is 0 Å². The molecule has 102 valence electrons. The maximum absolute atomic E-state index is 10.9. The minimum absolute atomic E-state index is 0.221. The van der Waals surface area contributed by atoms with Gasteiger partial charge in [0.05, 0.1) is 5.75 Å². The van der Waals surface area contributed by atoms with E-state index in [1.54, 1.807) is 0 Å². The number of sulfone groups is 1. The van der Waals surface area contributed by atoms with Crippen molar-refractivity contribution in [3.8, 4) is 0 Å². The van der Waals surface area contributed by atoms with Gasteiger partial charge < -0.3 is 5.32 Å². The molecule has 0 saturated carbocycles. The number of benzene rings is 1. The van der Waals surface area contributed by atoms with Gasteiger partial charge >= 0.3 is 0 Å². The molecule has 0 aliphatic heterocycles. The van der Waals surface area contributed by atoms with Crippen LogP contribution in [0.2, 0.25) is 0 Å². The molecule has 0 saturated heterocycles. The molecule has 1 aromatic rings. The Bertz CT molecular complexity index is 428. The number of rotatable bonds is 8. The van der Waals surface area contributed by atoms with Gasteiger partial charge in [0.2, 0.25) is 0 Å². The Hall–Kier alpha value is -0.870. The van der Waals surface area contributed by atoms with Gasteiger partial charge in [-0.15, -0.1) is 0 Å². The first-order valence-corrected chi connectivity index (χ1v) is 8.46. The standard InChI is InChI=1S/C14H23NO2S/c1-13(12-15-10-11-18(2,16)17)8-9-14-6-4-3-5-7-14/h3-7,13,15H,8-12H2,1-2H3/t13-/m0/s1. The molecule has 0 aliphatic rings. The Morgan fingerprint density at radius 3 is 2.50 bits per heavy atom. The van der Waals surface area contributed by atoms with Crippen molar-refractivity contribution in [1.82, 2.24) is 5.32 Å². The van der Waals surface area contributed by atoms with Gasteiger partial charge in [-0.25, -0.2) is 8.42 Å². The third kappa shape index (κ3) is 7.45. The van der Waals surface area contributed by atoms with Crippen LogP contribution in [-0.2, 0) is 16.3 Å². The van der Waals surface area contributed by atoms with E-state index < -0.39 is 9.84 Å². The van der Waals surface area contributed by atoms with Crippen molar-refractivity contribution in [2.45, 2.75) is 19.8 Å². The van der Waals surface area contributed by atoms with E-state index in [4.69, 9.17) is 0 Å². The topological polar surface area (TPSA) is 46.2 Å². The molecule has 0 unspecified atom stereocenters. The second-order valence-electron chi connectivity index (χ2n) is 4.96. The van der Waals surface area contributed by atoms with Crippen molar-refractivity contribution in [3.63, 3.8) is 0 Å². The highest BCUT2D eigenvalue weighted by Gasteiger charge is 2.04. The first kappa shape index (κ1) is 15.2. The quantitative estimate of drug-likeness (QED) is 0.733. The predicted octanol–water partition coefficient (Wildman–Crippen LogP) is 1.89. The van der Waals surface area contributed by atoms with E-state index in [0.29, 0.717) is 12.5 Å². The molecule has 1 rings (SSSR count). The molecule has 0 heterocycles. The average Bonchev–Trinajstić information content (AvgIpc) is 2.32. The first-order chi connectivity index (χ1) is 8.47. The van der Waals surface area contributed by atoms with Gasteiger partial charge in [0.25, 0.3) is 0 Å². The fraction of sp³-hybridized carbons (Fsp3) is 0.571. The van der Waals surface area contributed by atoms with Crippen LogP contribution in [0.4, 0.5) is 0 Å². The number of hydrogen-bond acceptors (Lipinski definition) is 3. The molecule has 0 amide bonds. The maximum Gasteiger partial charge on any atom is 0.148 e. The van der Waals surface area contributed by atoms with E-state index in [1.165, 1.54) is 11.8 Å². The molecule has 1 N–H and O–H groups in total. The van der Waals surface area contributed by atoms with Gasteiger partial charge in [0.1, 0.15) is 9.84 Å². The fourth-order valence-corrected chi connectivity index (χ4v) is 2.28. The Kier molecular flexibility index (Phi) is 6.36. The second-order valence-corrected chi connectivity index (χ2v) is 7.22. The Labute approximate surface area is 111 Å². The highest BCUT2D eigenvalue weighted by molar-refractivity contribution is 7.90. The summed E-state index contributed by atoms with van der Waals surface area (Å²) >= 11 is 0. The van der Waals surface area contributed by atoms with Crippen molar-refractivity contribution < 1.29 is 8.42 Å². The van der Waals surface area contributed by atoms with Crippen LogP contribution in [0.3, 0.4) is 0 Å². The van der Waals surface area contributed by atoms with Gasteiger partial charge in [-0.3, -0.25) is 0 Å². The number of hydrogen-bond donors (Lipinski definition) is 1. The average molecular weight is 269 g/mol. The van der Waals surface area contributed by atoms with E-state index in [-0.39, 0.29) is 5.75 Å². The van der Waals surface area contributed by atoms with Crippen molar-refractivity contribution in [3.05, 3.63) is 35.9 Å². The van der Waals surface area contributed by atoms with E-state index in [0.717, 1.165) is 19.4 Å². The number of nitrogens with one attached hydrogen (secondary N) is 1. The van der Waals surface area contributed by atoms with Gasteiger partial charge in [-0.1, -0.05) is 37.3 Å². The first-order valence-electron chi connectivity index (χ1n) is 6.40. The normalized spacial score (nSPS) is 13.4. The summed E-state index contributed by atoms with van der Waals surface area (Å²) in [5.74, 6) is 0.781. The zero-order chi connectivity index (χ0) is 13.4. The van der Waals surface area contributed by atoms with Crippen LogP contribution in [0.25, 0.3) is 0 Å². The fourth-order valence-electron chi connectivity index (χ4n) is 1.77. The summed E-state index contributed by atoms with van der Waals surface area (Å²) in [6.45, 7) is 3.62. The molecule has 18 heavy (non-hydrogen) atoms. The van der Waals surface area contributed by atoms with Crippen LogP contribution in [0.15, 0.2) is 30.3 Å². The van der Waals surface area contributed by atoms with Crippen molar-refractivity contribution in [2.75, 3.05) is 25.1 Å². The molecule has 1 aromatic carbocycles. The highest BCUT2D eigenvalue weighted by Crippen LogP contribution is 2.08. The summed E-state index contributed by atoms with van der Waals surface area (Å²) in [4.78, 5) is 0. The Balaban J connectivity index is 2.13. The van der Waals surface area contributed by atoms with Gasteiger partial charge in [0.15, 0.2) is 0 Å². The lowest BCUT2D eigenvalue weighted by Gasteiger charge is -2.12. The largest absolute Gasteiger partial charge is 0.315 e. The van der Waals surface area contributed by atoms with E-state index >= 15 is 0 Å². The molecule has 0 spiro atoms. The summed E-state index contributed by atoms with van der Waals surface area (Å²) in [6, 6.07) is 10.4. The lowest BCUT2D eigenvalue weighted by atomic mass is 10.0. The SMILES string of the molecule is C[C@@H](CCc1ccccc1)CNCCS(C)(=O)=O. The monoisotopic (exact) mass is 269 g/mol. The Morgan fingerprint density at radius 2 is 1.89 bits per heavy atom. The molecule has 1 atom stereocenters. The van der Waals surface area contributed by atoms with E-state index in [9.17, 15) is 8.42 Å². The van der Waals surface area contributed by atoms with Gasteiger partial charge in [0, 0.05) is 12.8 Å². The Morgan fingerprint density at radius 1 is 1.22 bits per heavy atom. The second kappa shape index (κ2) is 7.54. The zero-order valence-electron chi connectivity index (χ0n) is 11.2. The maximum atomic E-state index is 10.9. The summed E-state index contributed by atoms with van der Waals surface area (Å²) in [7, 11) is -2.84. The van der Waals surface area contributed by atoms with Crippen molar-refractivity contribution in [2.24, 2.45) is 5.92 Å². The van der Waals surface area contributed by atoms with Crippen molar-refractivity contribution >= 4 is 9.84 Å². The third-order valence-electron chi connectivity index (χ3n) is 2.91. The highest BCUT2D eigenvalue weighted by atomic mass is 32.2. The molecule has 0 aliphatic carbocycles. The summed E-state index contributed by atoms with van der Waals surface area (Å²) in [5.41, 5.74) is 1.36. The molecule has 0 radical (unpaired) electrons. The predicted molar refractivity (Wildman–Crippen MR) is 76.5 cm³/mol. The minimum atomic E-state index is -2.84. The van der Waals surface area contributed by atoms with Gasteiger partial charge in [-0.05, 0) is 30.9 Å². The van der Waals surface area contributed by atoms with Crippen LogP contribution in [0.1, 0.15) is 18.9 Å². The lowest BCUT2D eigenvalue weighted by molar-refractivity contribution is 0.488. The molecule has 0 aromatic heterocycles. The zero-order valence-corrected chi connectivity index (χ0v) is 12.0. The van der Waals surface area contributed by atoms with Crippen LogP contribution in [0.5, 0.6) is 0 Å². The lowest BCUT2D eigenvalue weighted by Crippen LogP contribution is -2.27. The molecule has 0 bridgehead atoms. The smallest absolute Gasteiger partial charge is 0.148 e. The summed E-state index contributed by atoms with van der Waals surface area (Å²) in [5, 5.41) is 3.20. The third-order valence-corrected chi connectivity index (χ3v) is 3.86. The summed E-state index contributed by atoms with van der Waals surface area (Å²) < 4.78 is 21.9. The van der Waals surface area contributed by atoms with Crippen molar-refractivity contribution in [1.29, 1.82) is 0 Å². The minimum Gasteiger partial charge on any atom is -0.315 e. The van der Waals surface area contributed by atoms with E-state index in [1.807, 2.05) is 6.07 Å². The summed E-state index contributed by atoms with van der Waals surface area (Å²) in [6.07, 6.45) is 3.47. The van der Waals surface area contributed by atoms with Crippen LogP contribution in [-0.4, -0.2) is 33.5 Å². The molecule has 4 heteroatoms. The molecular weight excluding hydrogens is 246 g/mol. The molecule has 3 nitrogen and oxygen atoms in total.